The molecule has 4 amide bonds. The highest BCUT2D eigenvalue weighted by atomic mass is 16.7. The van der Waals surface area contributed by atoms with Crippen LogP contribution in [0.1, 0.15) is 55.3 Å². The molecule has 21 unspecified atom stereocenters. The van der Waals surface area contributed by atoms with Crippen molar-refractivity contribution in [1.82, 2.24) is 31.9 Å². The Morgan fingerprint density at radius 1 is 0.545 bits per heavy atom. The Morgan fingerprint density at radius 2 is 0.920 bits per heavy atom. The maximum atomic E-state index is 13.1. The lowest BCUT2D eigenvalue weighted by atomic mass is 9.99. The van der Waals surface area contributed by atoms with E-state index in [-0.39, 0.29) is 51.1 Å². The molecule has 0 bridgehead atoms. The van der Waals surface area contributed by atoms with E-state index in [9.17, 15) is 94.2 Å². The molecule has 35 heteroatoms. The maximum Gasteiger partial charge on any atom is 0.335 e. The molecule has 0 aromatic heterocycles. The summed E-state index contributed by atoms with van der Waals surface area (Å²) in [6.45, 7) is 7.74. The average molecular weight is 1280 g/mol. The molecule has 502 valence electrons. The minimum absolute atomic E-state index is 0.149. The van der Waals surface area contributed by atoms with E-state index < -0.39 is 209 Å². The van der Waals surface area contributed by atoms with Crippen molar-refractivity contribution in [3.8, 4) is 0 Å². The number of ether oxygens (including phenoxy) is 7. The number of carbonyl (C=O) groups is 9. The quantitative estimate of drug-likeness (QED) is 0.0318. The number of aliphatic hydroxyl groups excluding tert-OH is 10. The van der Waals surface area contributed by atoms with Crippen LogP contribution in [0.25, 0.3) is 0 Å². The van der Waals surface area contributed by atoms with E-state index in [4.69, 9.17) is 46.9 Å². The van der Waals surface area contributed by atoms with Crippen LogP contribution in [0.4, 0.5) is 5.69 Å². The van der Waals surface area contributed by atoms with Gasteiger partial charge in [-0.2, -0.15) is 0 Å². The number of hydrogen-bond donors (Lipinski definition) is 19. The summed E-state index contributed by atoms with van der Waals surface area (Å²) >= 11 is 0. The van der Waals surface area contributed by atoms with Gasteiger partial charge in [0.05, 0.1) is 44.6 Å². The molecule has 0 spiro atoms. The van der Waals surface area contributed by atoms with Gasteiger partial charge in [0, 0.05) is 9.80 Å². The lowest BCUT2D eigenvalue weighted by molar-refractivity contribution is -0.301. The molecule has 19 N–H and O–H groups in total. The van der Waals surface area contributed by atoms with E-state index in [1.165, 1.54) is 24.3 Å². The van der Waals surface area contributed by atoms with Gasteiger partial charge in [0.25, 0.3) is 6.45 Å². The predicted molar refractivity (Wildman–Crippen MR) is 297 cm³/mol. The van der Waals surface area contributed by atoms with E-state index in [1.54, 1.807) is 41.5 Å². The van der Waals surface area contributed by atoms with E-state index in [2.05, 4.69) is 42.0 Å². The van der Waals surface area contributed by atoms with Gasteiger partial charge in [-0.3, -0.25) is 24.0 Å². The first kappa shape index (κ1) is 68.0. The summed E-state index contributed by atoms with van der Waals surface area (Å²) in [6, 6.07) is -0.649. The minimum atomic E-state index is -1.94. The van der Waals surface area contributed by atoms with Gasteiger partial charge in [-0.1, -0.05) is 53.7 Å². The van der Waals surface area contributed by atoms with Crippen LogP contribution < -0.4 is 37.2 Å². The second-order valence-corrected chi connectivity index (χ2v) is 20.9. The fourth-order valence-corrected chi connectivity index (χ4v) is 8.26. The summed E-state index contributed by atoms with van der Waals surface area (Å²) in [6.07, 6.45) is -29.7. The number of amides is 4. The second kappa shape index (κ2) is 38.6. The van der Waals surface area contributed by atoms with E-state index in [0.29, 0.717) is 5.56 Å². The van der Waals surface area contributed by atoms with Crippen molar-refractivity contribution in [3.63, 3.8) is 0 Å². The van der Waals surface area contributed by atoms with Gasteiger partial charge in [-0.15, -0.1) is 0 Å². The standard InChI is InChI=1S/C23H33N3O11.C15H26N2O9.C15H28N2O8/c1-11(2)15(24-3)21(32)26-14(20(31)25-13-6-4-12(5-7-13)8-35-10-27)9-36-23-18(30)16(28)17(29)19(37-23)22(33)34;1-6(2)8(16-3)13(22)17-7(4-18)5-25-15-11(21)9(19)10(20)12(26-15)14(23)24;1-7(2)10(16-3)14(23)17-8(4-18)6-24-15-13(22)12(21)11(20)9(5-19)25-15/h4-7,10-11,14-19,23-24,28-30H,8-9H2,1-3H3,(H,25,31)(H,26,32)(H,33,34);4,6-12,15-16,19-21H,5H2,1-3H3,(H,17,22)(H,23,24);4,7-13,15-16,19-22H,5-6H2,1-3H3,(H,17,23)/i3T,10D;2*3T,4D. The normalized spacial score (nSPS) is 29.9. The summed E-state index contributed by atoms with van der Waals surface area (Å²) in [5.74, 6) is -6.54. The number of aliphatic hydroxyl groups is 10. The van der Waals surface area contributed by atoms with Gasteiger partial charge in [0.15, 0.2) is 32.4 Å². The summed E-state index contributed by atoms with van der Waals surface area (Å²) in [7, 11) is -0.729. The number of carbonyl (C=O) groups excluding carboxylic acids is 7. The molecule has 1 aromatic carbocycles. The Bertz CT molecular complexity index is 2580. The SMILES string of the molecule is [2H]C(=O)C(COC1OC(C(=O)O)C(O)C(O)C1O)NC(=O)C(NC[3H])C(C)C.[2H]C(=O)C(COC1OC(CO)C(O)C(O)C1O)NC(=O)C(NC[3H])C(C)C.[2H]C(=O)OCc1ccc(NC(=O)C(COC2OC(C(=O)O)C(O)C(O)C2O)NC(=O)C(NC[3H])C(C)C)cc1. The fourth-order valence-electron chi connectivity index (χ4n) is 8.26. The molecule has 88 heavy (non-hydrogen) atoms. The van der Waals surface area contributed by atoms with Gasteiger partial charge in [-0.05, 0) is 56.5 Å². The first-order chi connectivity index (χ1) is 44.0. The number of aldehydes is 2. The second-order valence-electron chi connectivity index (χ2n) is 20.9. The van der Waals surface area contributed by atoms with Crippen molar-refractivity contribution in [2.45, 2.75) is 177 Å². The Kier molecular flexibility index (Phi) is 29.8. The Hall–Kier alpha value is -5.91. The van der Waals surface area contributed by atoms with Crippen LogP contribution in [0, 0.1) is 17.8 Å². The van der Waals surface area contributed by atoms with E-state index in [1.807, 2.05) is 0 Å². The van der Waals surface area contributed by atoms with Crippen LogP contribution in [0.2, 0.25) is 0 Å². The third-order valence-corrected chi connectivity index (χ3v) is 13.3. The minimum Gasteiger partial charge on any atom is -0.479 e. The van der Waals surface area contributed by atoms with Crippen molar-refractivity contribution in [1.29, 1.82) is 0 Å². The topological polar surface area (TPSA) is 545 Å². The molecule has 4 rings (SSSR count). The van der Waals surface area contributed by atoms with Crippen molar-refractivity contribution in [3.05, 3.63) is 29.8 Å². The number of rotatable bonds is 30. The van der Waals surface area contributed by atoms with Crippen LogP contribution >= 0.6 is 0 Å². The molecule has 3 fully saturated rings. The summed E-state index contributed by atoms with van der Waals surface area (Å²) in [5.41, 5.74) is 0.823. The van der Waals surface area contributed by atoms with Gasteiger partial charge >= 0.3 is 11.9 Å². The lowest BCUT2D eigenvalue weighted by Gasteiger charge is -2.39. The van der Waals surface area contributed by atoms with Crippen molar-refractivity contribution >= 4 is 60.2 Å². The van der Waals surface area contributed by atoms with Crippen LogP contribution in [0.15, 0.2) is 24.3 Å². The highest BCUT2D eigenvalue weighted by Crippen LogP contribution is 2.25. The summed E-state index contributed by atoms with van der Waals surface area (Å²) < 4.78 is 78.3. The molecule has 3 aliphatic rings. The van der Waals surface area contributed by atoms with Gasteiger partial charge in [0.2, 0.25) is 23.6 Å². The van der Waals surface area contributed by atoms with Crippen LogP contribution in [-0.2, 0) is 82.9 Å². The molecular formula is C53H87N7O28. The maximum absolute atomic E-state index is 13.1. The molecule has 0 saturated carbocycles. The zero-order valence-electron chi connectivity index (χ0n) is 54.7. The number of carboxylic acids is 2. The number of anilines is 1. The number of benzene rings is 1. The van der Waals surface area contributed by atoms with E-state index in [0.717, 1.165) is 0 Å². The molecule has 3 aliphatic heterocycles. The first-order valence-corrected chi connectivity index (χ1v) is 27.0. The lowest BCUT2D eigenvalue weighted by Crippen LogP contribution is -2.61. The van der Waals surface area contributed by atoms with E-state index >= 15 is 0 Å². The van der Waals surface area contributed by atoms with Crippen molar-refractivity contribution in [2.75, 3.05) is 52.8 Å². The molecule has 3 saturated heterocycles. The molecule has 21 atom stereocenters. The Balaban J connectivity index is 0.000000492. The Labute approximate surface area is 514 Å². The third kappa shape index (κ3) is 23.2. The van der Waals surface area contributed by atoms with Gasteiger partial charge in [-0.25, -0.2) is 9.59 Å². The third-order valence-electron chi connectivity index (χ3n) is 13.3. The van der Waals surface area contributed by atoms with Crippen LogP contribution in [0.5, 0.6) is 0 Å². The molecule has 0 aliphatic carbocycles. The monoisotopic (exact) mass is 1280 g/mol. The summed E-state index contributed by atoms with van der Waals surface area (Å²) in [5, 5.41) is 134. The highest BCUT2D eigenvalue weighted by Gasteiger charge is 2.50. The number of nitrogens with one attached hydrogen (secondary N) is 7. The molecular weight excluding hydrogens is 1180 g/mol. The average Bonchev–Trinajstić information content (AvgIpc) is 0.826. The molecule has 0 radical (unpaired) electrons. The number of carboxylic acid groups (broad SMARTS) is 2. The summed E-state index contributed by atoms with van der Waals surface area (Å²) in [4.78, 5) is 107. The van der Waals surface area contributed by atoms with Crippen LogP contribution in [0.3, 0.4) is 0 Å². The van der Waals surface area contributed by atoms with Crippen molar-refractivity contribution < 1.29 is 146 Å². The molecule has 1 aromatic rings. The van der Waals surface area contributed by atoms with Crippen molar-refractivity contribution in [2.24, 2.45) is 17.8 Å². The zero-order chi connectivity index (χ0) is 71.6. The van der Waals surface area contributed by atoms with Crippen LogP contribution in [-0.4, -0.2) is 292 Å². The molecule has 35 nitrogen and oxygen atoms in total. The highest BCUT2D eigenvalue weighted by molar-refractivity contribution is 5.98. The van der Waals surface area contributed by atoms with Gasteiger partial charge in [0.1, 0.15) is 101 Å². The number of likely N-dealkylation sites (N-methyl/N-ethyl adjacent to an activating group) is 3. The van der Waals surface area contributed by atoms with Gasteiger partial charge < -0.3 is 141 Å². The fraction of sp³-hybridized carbons (Fsp3) is 0.717. The predicted octanol–water partition coefficient (Wildman–Crippen LogP) is -8.51. The molecule has 3 heterocycles. The Morgan fingerprint density at radius 3 is 1.27 bits per heavy atom. The first-order valence-electron chi connectivity index (χ1n) is 30.6. The zero-order valence-corrected chi connectivity index (χ0v) is 48.7. The largest absolute Gasteiger partial charge is 0.479 e. The number of aliphatic carboxylic acids is 2. The number of hydrogen-bond acceptors (Lipinski definition) is 29. The smallest absolute Gasteiger partial charge is 0.335 e.